The molecule has 116 valence electrons. The van der Waals surface area contributed by atoms with E-state index in [0.29, 0.717) is 6.07 Å². The summed E-state index contributed by atoms with van der Waals surface area (Å²) in [5, 5.41) is 10.9. The fraction of sp³-hybridized carbons (Fsp3) is 0.167. The SMILES string of the molecule is COC(=O)c1cc(-n2ccnc2)c(C(F)(F)F)cc1[N+](=O)[O-]. The lowest BCUT2D eigenvalue weighted by atomic mass is 10.1. The smallest absolute Gasteiger partial charge is 0.418 e. The molecule has 0 saturated heterocycles. The summed E-state index contributed by atoms with van der Waals surface area (Å²) < 4.78 is 44.8. The first-order valence-electron chi connectivity index (χ1n) is 5.72. The summed E-state index contributed by atoms with van der Waals surface area (Å²) in [4.78, 5) is 25.1. The summed E-state index contributed by atoms with van der Waals surface area (Å²) in [6.07, 6.45) is -1.31. The number of benzene rings is 1. The molecule has 0 bridgehead atoms. The second-order valence-electron chi connectivity index (χ2n) is 4.10. The van der Waals surface area contributed by atoms with Gasteiger partial charge in [-0.15, -0.1) is 0 Å². The monoisotopic (exact) mass is 315 g/mol. The third-order valence-electron chi connectivity index (χ3n) is 2.80. The molecule has 2 rings (SSSR count). The Morgan fingerprint density at radius 3 is 2.55 bits per heavy atom. The van der Waals surface area contributed by atoms with Crippen LogP contribution in [-0.4, -0.2) is 27.6 Å². The number of hydrogen-bond donors (Lipinski definition) is 0. The predicted molar refractivity (Wildman–Crippen MR) is 66.6 cm³/mol. The Kier molecular flexibility index (Phi) is 3.85. The van der Waals surface area contributed by atoms with E-state index in [1.54, 1.807) is 0 Å². The van der Waals surface area contributed by atoms with Crippen molar-refractivity contribution in [1.29, 1.82) is 0 Å². The number of rotatable bonds is 3. The highest BCUT2D eigenvalue weighted by Gasteiger charge is 2.38. The van der Waals surface area contributed by atoms with E-state index >= 15 is 0 Å². The third-order valence-corrected chi connectivity index (χ3v) is 2.80. The molecule has 1 heterocycles. The molecule has 0 N–H and O–H groups in total. The highest BCUT2D eigenvalue weighted by molar-refractivity contribution is 5.95. The molecule has 0 aliphatic carbocycles. The Bertz CT molecular complexity index is 726. The second kappa shape index (κ2) is 5.47. The average molecular weight is 315 g/mol. The van der Waals surface area contributed by atoms with Crippen molar-refractivity contribution in [2.75, 3.05) is 7.11 Å². The van der Waals surface area contributed by atoms with Gasteiger partial charge in [-0.2, -0.15) is 13.2 Å². The van der Waals surface area contributed by atoms with Crippen molar-refractivity contribution in [2.24, 2.45) is 0 Å². The van der Waals surface area contributed by atoms with Crippen LogP contribution in [0.5, 0.6) is 0 Å². The van der Waals surface area contributed by atoms with E-state index in [0.717, 1.165) is 24.1 Å². The number of hydrogen-bond acceptors (Lipinski definition) is 5. The molecule has 10 heteroatoms. The van der Waals surface area contributed by atoms with Crippen molar-refractivity contribution in [3.05, 3.63) is 52.1 Å². The first-order valence-corrected chi connectivity index (χ1v) is 5.72. The number of alkyl halides is 3. The summed E-state index contributed by atoms with van der Waals surface area (Å²) in [6.45, 7) is 0. The zero-order valence-corrected chi connectivity index (χ0v) is 11.0. The number of halogens is 3. The minimum atomic E-state index is -4.85. The van der Waals surface area contributed by atoms with Crippen LogP contribution in [0.25, 0.3) is 5.69 Å². The van der Waals surface area contributed by atoms with Crippen molar-refractivity contribution in [3.8, 4) is 5.69 Å². The molecule has 0 fully saturated rings. The van der Waals surface area contributed by atoms with Crippen LogP contribution in [0.4, 0.5) is 18.9 Å². The van der Waals surface area contributed by atoms with Gasteiger partial charge in [0, 0.05) is 18.5 Å². The molecule has 0 saturated carbocycles. The Labute approximate surface area is 121 Å². The van der Waals surface area contributed by atoms with Gasteiger partial charge in [0.05, 0.1) is 29.6 Å². The largest absolute Gasteiger partial charge is 0.465 e. The van der Waals surface area contributed by atoms with E-state index in [4.69, 9.17) is 0 Å². The average Bonchev–Trinajstić information content (AvgIpc) is 2.97. The van der Waals surface area contributed by atoms with Crippen molar-refractivity contribution in [3.63, 3.8) is 0 Å². The van der Waals surface area contributed by atoms with Crippen LogP contribution in [0, 0.1) is 10.1 Å². The molecule has 0 radical (unpaired) electrons. The number of carbonyl (C=O) groups is 1. The third kappa shape index (κ3) is 2.75. The zero-order valence-electron chi connectivity index (χ0n) is 11.0. The van der Waals surface area contributed by atoms with Crippen molar-refractivity contribution < 1.29 is 27.6 Å². The Balaban J connectivity index is 2.81. The number of nitro benzene ring substituents is 1. The van der Waals surface area contributed by atoms with Gasteiger partial charge in [0.2, 0.25) is 0 Å². The van der Waals surface area contributed by atoms with Crippen LogP contribution in [0.15, 0.2) is 30.9 Å². The molecular weight excluding hydrogens is 307 g/mol. The van der Waals surface area contributed by atoms with Crippen LogP contribution in [0.2, 0.25) is 0 Å². The number of methoxy groups -OCH3 is 1. The molecule has 0 atom stereocenters. The van der Waals surface area contributed by atoms with Gasteiger partial charge < -0.3 is 9.30 Å². The molecule has 7 nitrogen and oxygen atoms in total. The lowest BCUT2D eigenvalue weighted by molar-refractivity contribution is -0.385. The summed E-state index contributed by atoms with van der Waals surface area (Å²) in [7, 11) is 0.973. The summed E-state index contributed by atoms with van der Waals surface area (Å²) >= 11 is 0. The van der Waals surface area contributed by atoms with Crippen LogP contribution < -0.4 is 0 Å². The van der Waals surface area contributed by atoms with E-state index < -0.39 is 39.6 Å². The lowest BCUT2D eigenvalue weighted by Crippen LogP contribution is -2.14. The minimum Gasteiger partial charge on any atom is -0.465 e. The van der Waals surface area contributed by atoms with Crippen molar-refractivity contribution in [1.82, 2.24) is 9.55 Å². The standard InChI is InChI=1S/C12H8F3N3O4/c1-22-11(19)7-4-10(17-3-2-16-6-17)8(12(13,14)15)5-9(7)18(20)21/h2-6H,1H3. The normalized spacial score (nSPS) is 11.3. The first-order chi connectivity index (χ1) is 10.3. The summed E-state index contributed by atoms with van der Waals surface area (Å²) in [6, 6.07) is 1.07. The molecular formula is C12H8F3N3O4. The van der Waals surface area contributed by atoms with Gasteiger partial charge in [0.25, 0.3) is 5.69 Å². The summed E-state index contributed by atoms with van der Waals surface area (Å²) in [5.41, 5.74) is -3.28. The molecule has 0 aliphatic heterocycles. The van der Waals surface area contributed by atoms with Gasteiger partial charge in [-0.05, 0) is 6.07 Å². The topological polar surface area (TPSA) is 87.3 Å². The molecule has 0 spiro atoms. The zero-order chi connectivity index (χ0) is 16.5. The molecule has 1 aromatic carbocycles. The molecule has 2 aromatic rings. The Morgan fingerprint density at radius 2 is 2.09 bits per heavy atom. The van der Waals surface area contributed by atoms with Gasteiger partial charge in [-0.1, -0.05) is 0 Å². The quantitative estimate of drug-likeness (QED) is 0.493. The van der Waals surface area contributed by atoms with Gasteiger partial charge in [-0.3, -0.25) is 10.1 Å². The van der Waals surface area contributed by atoms with Gasteiger partial charge in [0.1, 0.15) is 5.56 Å². The maximum Gasteiger partial charge on any atom is 0.418 e. The Morgan fingerprint density at radius 1 is 1.41 bits per heavy atom. The number of nitro groups is 1. The predicted octanol–water partition coefficient (Wildman–Crippen LogP) is 2.59. The van der Waals surface area contributed by atoms with E-state index in [1.165, 1.54) is 12.4 Å². The van der Waals surface area contributed by atoms with E-state index in [-0.39, 0.29) is 0 Å². The highest BCUT2D eigenvalue weighted by Crippen LogP contribution is 2.38. The Hall–Kier alpha value is -2.91. The lowest BCUT2D eigenvalue weighted by Gasteiger charge is -2.14. The number of imidazole rings is 1. The fourth-order valence-electron chi connectivity index (χ4n) is 1.84. The minimum absolute atomic E-state index is 0.307. The van der Waals surface area contributed by atoms with Gasteiger partial charge in [0.15, 0.2) is 0 Å². The van der Waals surface area contributed by atoms with Crippen LogP contribution >= 0.6 is 0 Å². The molecule has 0 amide bonds. The van der Waals surface area contributed by atoms with E-state index in [1.807, 2.05) is 0 Å². The van der Waals surface area contributed by atoms with Gasteiger partial charge >= 0.3 is 12.1 Å². The van der Waals surface area contributed by atoms with Crippen LogP contribution in [0.3, 0.4) is 0 Å². The molecule has 0 aliphatic rings. The van der Waals surface area contributed by atoms with E-state index in [9.17, 15) is 28.1 Å². The van der Waals surface area contributed by atoms with Crippen LogP contribution in [0.1, 0.15) is 15.9 Å². The maximum atomic E-state index is 13.1. The number of ether oxygens (including phenoxy) is 1. The number of aromatic nitrogens is 2. The fourth-order valence-corrected chi connectivity index (χ4v) is 1.84. The number of carbonyl (C=O) groups excluding carboxylic acids is 1. The van der Waals surface area contributed by atoms with Crippen molar-refractivity contribution in [2.45, 2.75) is 6.18 Å². The maximum absolute atomic E-state index is 13.1. The highest BCUT2D eigenvalue weighted by atomic mass is 19.4. The molecule has 22 heavy (non-hydrogen) atoms. The van der Waals surface area contributed by atoms with Crippen LogP contribution in [-0.2, 0) is 10.9 Å². The van der Waals surface area contributed by atoms with E-state index in [2.05, 4.69) is 9.72 Å². The molecule has 0 unspecified atom stereocenters. The first kappa shape index (κ1) is 15.5. The summed E-state index contributed by atoms with van der Waals surface area (Å²) in [5.74, 6) is -1.11. The second-order valence-corrected chi connectivity index (χ2v) is 4.10. The van der Waals surface area contributed by atoms with Gasteiger partial charge in [-0.25, -0.2) is 9.78 Å². The molecule has 1 aromatic heterocycles. The number of nitrogens with zero attached hydrogens (tertiary/aromatic N) is 3. The number of esters is 1. The van der Waals surface area contributed by atoms with Crippen molar-refractivity contribution >= 4 is 11.7 Å².